The number of halogens is 1. The molecule has 20 heavy (non-hydrogen) atoms. The van der Waals surface area contributed by atoms with Gasteiger partial charge in [0.05, 0.1) is 0 Å². The Hall–Kier alpha value is -1.39. The van der Waals surface area contributed by atoms with Crippen LogP contribution in [0.2, 0.25) is 0 Å². The van der Waals surface area contributed by atoms with Gasteiger partial charge in [0.2, 0.25) is 5.88 Å². The Balaban J connectivity index is 2.09. The molecule has 1 heterocycles. The second kappa shape index (κ2) is 6.86. The molecule has 0 radical (unpaired) electrons. The monoisotopic (exact) mass is 334 g/mol. The van der Waals surface area contributed by atoms with Crippen molar-refractivity contribution in [3.8, 4) is 11.6 Å². The lowest BCUT2D eigenvalue weighted by molar-refractivity contribution is 0.457. The lowest BCUT2D eigenvalue weighted by Gasteiger charge is -2.11. The van der Waals surface area contributed by atoms with Crippen molar-refractivity contribution >= 4 is 15.9 Å². The Labute approximate surface area is 128 Å². The predicted octanol–water partition coefficient (Wildman–Crippen LogP) is 4.44. The zero-order valence-corrected chi connectivity index (χ0v) is 13.6. The molecule has 0 atom stereocenters. The molecule has 0 aliphatic rings. The summed E-state index contributed by atoms with van der Waals surface area (Å²) in [4.78, 5) is 4.40. The second-order valence-electron chi connectivity index (χ2n) is 5.06. The molecule has 0 aliphatic carbocycles. The fourth-order valence-electron chi connectivity index (χ4n) is 1.79. The van der Waals surface area contributed by atoms with Gasteiger partial charge in [-0.1, -0.05) is 35.8 Å². The van der Waals surface area contributed by atoms with Crippen LogP contribution in [0.15, 0.2) is 41.0 Å². The van der Waals surface area contributed by atoms with Crippen molar-refractivity contribution in [3.05, 3.63) is 52.1 Å². The summed E-state index contributed by atoms with van der Waals surface area (Å²) in [6, 6.07) is 10.3. The first kappa shape index (κ1) is 15.0. The summed E-state index contributed by atoms with van der Waals surface area (Å²) in [6.45, 7) is 7.10. The van der Waals surface area contributed by atoms with Crippen LogP contribution in [-0.4, -0.2) is 11.0 Å². The molecule has 0 saturated carbocycles. The van der Waals surface area contributed by atoms with Gasteiger partial charge in [-0.3, -0.25) is 0 Å². The second-order valence-corrected chi connectivity index (χ2v) is 5.98. The first-order chi connectivity index (χ1) is 9.54. The molecule has 0 fully saturated rings. The number of rotatable bonds is 5. The third-order valence-corrected chi connectivity index (χ3v) is 3.31. The molecule has 2 aromatic rings. The van der Waals surface area contributed by atoms with Crippen LogP contribution in [0.4, 0.5) is 0 Å². The van der Waals surface area contributed by atoms with Crippen LogP contribution in [-0.2, 0) is 6.54 Å². The Morgan fingerprint density at radius 3 is 2.75 bits per heavy atom. The summed E-state index contributed by atoms with van der Waals surface area (Å²) in [6.07, 6.45) is 1.86. The molecule has 0 spiro atoms. The lowest BCUT2D eigenvalue weighted by atomic mass is 10.2. The van der Waals surface area contributed by atoms with Gasteiger partial charge < -0.3 is 10.1 Å². The van der Waals surface area contributed by atoms with Crippen LogP contribution in [0.1, 0.15) is 25.0 Å². The van der Waals surface area contributed by atoms with Crippen LogP contribution < -0.4 is 10.1 Å². The normalized spacial score (nSPS) is 10.8. The van der Waals surface area contributed by atoms with E-state index in [1.807, 2.05) is 37.4 Å². The highest BCUT2D eigenvalue weighted by atomic mass is 79.9. The van der Waals surface area contributed by atoms with E-state index in [9.17, 15) is 0 Å². The van der Waals surface area contributed by atoms with Gasteiger partial charge in [-0.15, -0.1) is 0 Å². The largest absolute Gasteiger partial charge is 0.439 e. The average molecular weight is 335 g/mol. The fourth-order valence-corrected chi connectivity index (χ4v) is 2.17. The number of pyridine rings is 1. The Bertz CT molecular complexity index is 584. The number of nitrogens with one attached hydrogen (secondary N) is 1. The van der Waals surface area contributed by atoms with E-state index in [-0.39, 0.29) is 0 Å². The fraction of sp³-hybridized carbons (Fsp3) is 0.312. The number of hydrogen-bond donors (Lipinski definition) is 1. The van der Waals surface area contributed by atoms with Crippen molar-refractivity contribution in [1.82, 2.24) is 10.3 Å². The maximum absolute atomic E-state index is 5.81. The lowest BCUT2D eigenvalue weighted by Crippen LogP contribution is -2.21. The summed E-state index contributed by atoms with van der Waals surface area (Å²) in [5.74, 6) is 1.43. The topological polar surface area (TPSA) is 34.2 Å². The van der Waals surface area contributed by atoms with Gasteiger partial charge in [-0.2, -0.15) is 0 Å². The zero-order chi connectivity index (χ0) is 14.5. The Morgan fingerprint density at radius 1 is 1.30 bits per heavy atom. The van der Waals surface area contributed by atoms with Gasteiger partial charge in [0.1, 0.15) is 5.75 Å². The third-order valence-electron chi connectivity index (χ3n) is 2.81. The van der Waals surface area contributed by atoms with Gasteiger partial charge in [-0.05, 0) is 36.8 Å². The summed E-state index contributed by atoms with van der Waals surface area (Å²) in [7, 11) is 0. The van der Waals surface area contributed by atoms with Crippen LogP contribution in [0.3, 0.4) is 0 Å². The standard InChI is InChI=1S/C16H19BrN2O/c1-11(2)18-9-13-7-12(3)16(19-10-13)20-15-6-4-5-14(17)8-15/h4-8,10-11,18H,9H2,1-3H3. The van der Waals surface area contributed by atoms with E-state index in [0.29, 0.717) is 11.9 Å². The number of hydrogen-bond acceptors (Lipinski definition) is 3. The summed E-state index contributed by atoms with van der Waals surface area (Å²) in [5.41, 5.74) is 2.20. The predicted molar refractivity (Wildman–Crippen MR) is 85.2 cm³/mol. The van der Waals surface area contributed by atoms with Gasteiger partial charge in [0, 0.05) is 28.8 Å². The van der Waals surface area contributed by atoms with Crippen molar-refractivity contribution in [1.29, 1.82) is 0 Å². The third kappa shape index (κ3) is 4.32. The van der Waals surface area contributed by atoms with E-state index in [1.54, 1.807) is 0 Å². The summed E-state index contributed by atoms with van der Waals surface area (Å²) < 4.78 is 6.80. The number of benzene rings is 1. The van der Waals surface area contributed by atoms with E-state index in [0.717, 1.165) is 27.9 Å². The molecule has 0 aliphatic heterocycles. The SMILES string of the molecule is Cc1cc(CNC(C)C)cnc1Oc1cccc(Br)c1. The molecule has 0 bridgehead atoms. The molecule has 0 amide bonds. The van der Waals surface area contributed by atoms with Crippen LogP contribution in [0, 0.1) is 6.92 Å². The molecule has 1 N–H and O–H groups in total. The van der Waals surface area contributed by atoms with Gasteiger partial charge >= 0.3 is 0 Å². The molecule has 0 unspecified atom stereocenters. The highest BCUT2D eigenvalue weighted by Gasteiger charge is 2.05. The maximum Gasteiger partial charge on any atom is 0.222 e. The van der Waals surface area contributed by atoms with Crippen LogP contribution >= 0.6 is 15.9 Å². The number of nitrogens with zero attached hydrogens (tertiary/aromatic N) is 1. The van der Waals surface area contributed by atoms with Gasteiger partial charge in [0.15, 0.2) is 0 Å². The highest BCUT2D eigenvalue weighted by molar-refractivity contribution is 9.10. The van der Waals surface area contributed by atoms with Crippen molar-refractivity contribution in [3.63, 3.8) is 0 Å². The first-order valence-electron chi connectivity index (χ1n) is 6.67. The summed E-state index contributed by atoms with van der Waals surface area (Å²) >= 11 is 3.43. The van der Waals surface area contributed by atoms with Crippen molar-refractivity contribution in [2.45, 2.75) is 33.4 Å². The average Bonchev–Trinajstić information content (AvgIpc) is 2.39. The first-order valence-corrected chi connectivity index (χ1v) is 7.46. The molecule has 2 rings (SSSR count). The van der Waals surface area contributed by atoms with Crippen molar-refractivity contribution in [2.24, 2.45) is 0 Å². The van der Waals surface area contributed by atoms with Crippen LogP contribution in [0.5, 0.6) is 11.6 Å². The molecule has 1 aromatic carbocycles. The van der Waals surface area contributed by atoms with Crippen molar-refractivity contribution in [2.75, 3.05) is 0 Å². The molecule has 0 saturated heterocycles. The molecule has 4 heteroatoms. The molecular weight excluding hydrogens is 316 g/mol. The van der Waals surface area contributed by atoms with Gasteiger partial charge in [0.25, 0.3) is 0 Å². The molecule has 106 valence electrons. The minimum Gasteiger partial charge on any atom is -0.439 e. The van der Waals surface area contributed by atoms with Crippen molar-refractivity contribution < 1.29 is 4.74 Å². The molecule has 1 aromatic heterocycles. The minimum absolute atomic E-state index is 0.466. The van der Waals surface area contributed by atoms with E-state index in [2.05, 4.69) is 46.1 Å². The summed E-state index contributed by atoms with van der Waals surface area (Å²) in [5, 5.41) is 3.38. The zero-order valence-electron chi connectivity index (χ0n) is 12.0. The molecule has 3 nitrogen and oxygen atoms in total. The maximum atomic E-state index is 5.81. The van der Waals surface area contributed by atoms with E-state index >= 15 is 0 Å². The number of aryl methyl sites for hydroxylation is 1. The Kier molecular flexibility index (Phi) is 5.15. The van der Waals surface area contributed by atoms with E-state index in [1.165, 1.54) is 0 Å². The Morgan fingerprint density at radius 2 is 2.10 bits per heavy atom. The quantitative estimate of drug-likeness (QED) is 0.877. The number of aromatic nitrogens is 1. The smallest absolute Gasteiger partial charge is 0.222 e. The van der Waals surface area contributed by atoms with Crippen LogP contribution in [0.25, 0.3) is 0 Å². The minimum atomic E-state index is 0.466. The van der Waals surface area contributed by atoms with Gasteiger partial charge in [-0.25, -0.2) is 4.98 Å². The van der Waals surface area contributed by atoms with E-state index in [4.69, 9.17) is 4.74 Å². The highest BCUT2D eigenvalue weighted by Crippen LogP contribution is 2.25. The molecular formula is C16H19BrN2O. The number of ether oxygens (including phenoxy) is 1. The van der Waals surface area contributed by atoms with E-state index < -0.39 is 0 Å².